The molecule has 1 aliphatic heterocycles. The van der Waals surface area contributed by atoms with Crippen molar-refractivity contribution in [1.29, 1.82) is 0 Å². The van der Waals surface area contributed by atoms with E-state index in [1.165, 1.54) is 7.11 Å². The van der Waals surface area contributed by atoms with Gasteiger partial charge in [-0.1, -0.05) is 6.58 Å². The standard InChI is InChI=1S/C10H16O4/c1-7-6-13-10(2,3)14-8(7)5-9(11)12-4/h8H,1,5-6H2,2-4H3/t8-/m0/s1. The highest BCUT2D eigenvalue weighted by atomic mass is 16.7. The second-order valence-electron chi connectivity index (χ2n) is 3.73. The average molecular weight is 200 g/mol. The maximum atomic E-state index is 11.1. The minimum Gasteiger partial charge on any atom is -0.469 e. The largest absolute Gasteiger partial charge is 0.469 e. The van der Waals surface area contributed by atoms with Gasteiger partial charge in [0, 0.05) is 0 Å². The molecule has 0 aromatic rings. The Morgan fingerprint density at radius 1 is 1.71 bits per heavy atom. The van der Waals surface area contributed by atoms with E-state index in [0.717, 1.165) is 5.57 Å². The molecule has 0 amide bonds. The lowest BCUT2D eigenvalue weighted by Gasteiger charge is -2.36. The van der Waals surface area contributed by atoms with Crippen LogP contribution in [0.1, 0.15) is 20.3 Å². The summed E-state index contributed by atoms with van der Waals surface area (Å²) in [7, 11) is 1.36. The maximum Gasteiger partial charge on any atom is 0.308 e. The van der Waals surface area contributed by atoms with E-state index in [1.807, 2.05) is 13.8 Å². The molecule has 1 heterocycles. The number of ether oxygens (including phenoxy) is 3. The Labute approximate surface area is 83.8 Å². The number of carbonyl (C=O) groups is 1. The minimum absolute atomic E-state index is 0.197. The number of rotatable bonds is 2. The Balaban J connectivity index is 2.57. The lowest BCUT2D eigenvalue weighted by molar-refractivity contribution is -0.252. The summed E-state index contributed by atoms with van der Waals surface area (Å²) in [6.07, 6.45) is -0.103. The smallest absolute Gasteiger partial charge is 0.308 e. The van der Waals surface area contributed by atoms with Gasteiger partial charge in [-0.15, -0.1) is 0 Å². The molecule has 4 nitrogen and oxygen atoms in total. The van der Waals surface area contributed by atoms with Gasteiger partial charge in [0.25, 0.3) is 0 Å². The van der Waals surface area contributed by atoms with Crippen molar-refractivity contribution in [3.05, 3.63) is 12.2 Å². The Hall–Kier alpha value is -0.870. The third-order valence-electron chi connectivity index (χ3n) is 2.07. The van der Waals surface area contributed by atoms with Gasteiger partial charge in [0.2, 0.25) is 0 Å². The first kappa shape index (κ1) is 11.2. The lowest BCUT2D eigenvalue weighted by atomic mass is 10.1. The van der Waals surface area contributed by atoms with Crippen LogP contribution in [0.3, 0.4) is 0 Å². The molecule has 0 saturated carbocycles. The van der Waals surface area contributed by atoms with Crippen LogP contribution in [0.4, 0.5) is 0 Å². The molecule has 80 valence electrons. The second-order valence-corrected chi connectivity index (χ2v) is 3.73. The summed E-state index contributed by atoms with van der Waals surface area (Å²) in [6, 6.07) is 0. The normalized spacial score (nSPS) is 25.9. The number of carbonyl (C=O) groups excluding carboxylic acids is 1. The van der Waals surface area contributed by atoms with Crippen molar-refractivity contribution >= 4 is 5.97 Å². The summed E-state index contributed by atoms with van der Waals surface area (Å²) >= 11 is 0. The molecule has 0 bridgehead atoms. The Bertz CT molecular complexity index is 245. The zero-order valence-corrected chi connectivity index (χ0v) is 8.83. The van der Waals surface area contributed by atoms with Gasteiger partial charge in [-0.25, -0.2) is 0 Å². The van der Waals surface area contributed by atoms with Crippen LogP contribution < -0.4 is 0 Å². The van der Waals surface area contributed by atoms with Crippen LogP contribution in [0, 0.1) is 0 Å². The third kappa shape index (κ3) is 2.82. The number of esters is 1. The molecule has 1 saturated heterocycles. The summed E-state index contributed by atoms with van der Waals surface area (Å²) < 4.78 is 15.5. The van der Waals surface area contributed by atoms with Crippen molar-refractivity contribution in [2.45, 2.75) is 32.2 Å². The van der Waals surface area contributed by atoms with Crippen LogP contribution in [0.25, 0.3) is 0 Å². The third-order valence-corrected chi connectivity index (χ3v) is 2.07. The van der Waals surface area contributed by atoms with Gasteiger partial charge < -0.3 is 14.2 Å². The topological polar surface area (TPSA) is 44.8 Å². The Morgan fingerprint density at radius 3 is 2.93 bits per heavy atom. The van der Waals surface area contributed by atoms with E-state index in [4.69, 9.17) is 9.47 Å². The molecule has 1 aliphatic rings. The van der Waals surface area contributed by atoms with Crippen LogP contribution in [-0.4, -0.2) is 31.6 Å². The quantitative estimate of drug-likeness (QED) is 0.497. The van der Waals surface area contributed by atoms with Gasteiger partial charge in [-0.05, 0) is 19.4 Å². The maximum absolute atomic E-state index is 11.1. The second kappa shape index (κ2) is 4.11. The fourth-order valence-corrected chi connectivity index (χ4v) is 1.24. The van der Waals surface area contributed by atoms with Crippen molar-refractivity contribution in [2.75, 3.05) is 13.7 Å². The molecule has 0 aromatic heterocycles. The number of methoxy groups -OCH3 is 1. The van der Waals surface area contributed by atoms with E-state index in [1.54, 1.807) is 0 Å². The fraction of sp³-hybridized carbons (Fsp3) is 0.700. The molecule has 0 N–H and O–H groups in total. The molecule has 0 spiro atoms. The molecule has 0 unspecified atom stereocenters. The van der Waals surface area contributed by atoms with Gasteiger partial charge in [0.15, 0.2) is 5.79 Å². The first-order valence-corrected chi connectivity index (χ1v) is 4.51. The first-order valence-electron chi connectivity index (χ1n) is 4.51. The van der Waals surface area contributed by atoms with Crippen LogP contribution in [0.5, 0.6) is 0 Å². The summed E-state index contributed by atoms with van der Waals surface area (Å²) in [4.78, 5) is 11.1. The Kier molecular flexibility index (Phi) is 3.29. The van der Waals surface area contributed by atoms with Crippen LogP contribution in [0.15, 0.2) is 12.2 Å². The van der Waals surface area contributed by atoms with Crippen molar-refractivity contribution < 1.29 is 19.0 Å². The molecular weight excluding hydrogens is 184 g/mol. The molecule has 0 aliphatic carbocycles. The zero-order valence-electron chi connectivity index (χ0n) is 8.83. The molecule has 1 atom stereocenters. The number of hydrogen-bond acceptors (Lipinski definition) is 4. The zero-order chi connectivity index (χ0) is 10.8. The van der Waals surface area contributed by atoms with Gasteiger partial charge in [-0.2, -0.15) is 0 Å². The molecule has 0 radical (unpaired) electrons. The fourth-order valence-electron chi connectivity index (χ4n) is 1.24. The predicted molar refractivity (Wildman–Crippen MR) is 50.7 cm³/mol. The highest BCUT2D eigenvalue weighted by Crippen LogP contribution is 2.26. The van der Waals surface area contributed by atoms with E-state index >= 15 is 0 Å². The van der Waals surface area contributed by atoms with Gasteiger partial charge in [0.1, 0.15) is 0 Å². The van der Waals surface area contributed by atoms with Gasteiger partial charge in [-0.3, -0.25) is 4.79 Å². The average Bonchev–Trinajstić information content (AvgIpc) is 2.11. The van der Waals surface area contributed by atoms with E-state index in [2.05, 4.69) is 11.3 Å². The molecule has 14 heavy (non-hydrogen) atoms. The monoisotopic (exact) mass is 200 g/mol. The van der Waals surface area contributed by atoms with Crippen LogP contribution in [-0.2, 0) is 19.0 Å². The number of hydrogen-bond donors (Lipinski definition) is 0. The van der Waals surface area contributed by atoms with Gasteiger partial charge in [0.05, 0.1) is 26.2 Å². The summed E-state index contributed by atoms with van der Waals surface area (Å²) in [5, 5.41) is 0. The van der Waals surface area contributed by atoms with E-state index in [0.29, 0.717) is 6.61 Å². The molecule has 1 rings (SSSR count). The highest BCUT2D eigenvalue weighted by molar-refractivity contribution is 5.70. The summed E-state index contributed by atoms with van der Waals surface area (Å²) in [5.74, 6) is -0.950. The van der Waals surface area contributed by atoms with Crippen molar-refractivity contribution in [2.24, 2.45) is 0 Å². The SMILES string of the molecule is C=C1COC(C)(C)O[C@H]1CC(=O)OC. The van der Waals surface area contributed by atoms with Gasteiger partial charge >= 0.3 is 5.97 Å². The van der Waals surface area contributed by atoms with Crippen LogP contribution in [0.2, 0.25) is 0 Å². The molecular formula is C10H16O4. The minimum atomic E-state index is -0.653. The van der Waals surface area contributed by atoms with Crippen molar-refractivity contribution in [3.8, 4) is 0 Å². The first-order chi connectivity index (χ1) is 6.44. The summed E-state index contributed by atoms with van der Waals surface area (Å²) in [5.41, 5.74) is 0.773. The predicted octanol–water partition coefficient (Wildman–Crippen LogP) is 1.26. The van der Waals surface area contributed by atoms with E-state index in [9.17, 15) is 4.79 Å². The molecule has 4 heteroatoms. The lowest BCUT2D eigenvalue weighted by Crippen LogP contribution is -2.42. The molecule has 0 aromatic carbocycles. The summed E-state index contributed by atoms with van der Waals surface area (Å²) in [6.45, 7) is 7.83. The van der Waals surface area contributed by atoms with Crippen molar-refractivity contribution in [1.82, 2.24) is 0 Å². The Morgan fingerprint density at radius 2 is 2.36 bits per heavy atom. The van der Waals surface area contributed by atoms with Crippen molar-refractivity contribution in [3.63, 3.8) is 0 Å². The van der Waals surface area contributed by atoms with E-state index < -0.39 is 5.79 Å². The molecule has 1 fully saturated rings. The van der Waals surface area contributed by atoms with Crippen LogP contribution >= 0.6 is 0 Å². The van der Waals surface area contributed by atoms with E-state index in [-0.39, 0.29) is 18.5 Å². The highest BCUT2D eigenvalue weighted by Gasteiger charge is 2.33.